The third-order valence-corrected chi connectivity index (χ3v) is 5.56. The molecule has 1 heterocycles. The molecule has 2 atom stereocenters. The van der Waals surface area contributed by atoms with Crippen LogP contribution in [0.3, 0.4) is 0 Å². The first-order valence-corrected chi connectivity index (χ1v) is 9.46. The van der Waals surface area contributed by atoms with Gasteiger partial charge in [0.1, 0.15) is 17.5 Å². The molecular weight excluding hydrogens is 348 g/mol. The van der Waals surface area contributed by atoms with E-state index >= 15 is 0 Å². The predicted molar refractivity (Wildman–Crippen MR) is 100 cm³/mol. The molecule has 1 saturated heterocycles. The molecule has 0 radical (unpaired) electrons. The Kier molecular flexibility index (Phi) is 5.89. The van der Waals surface area contributed by atoms with Gasteiger partial charge in [-0.15, -0.1) is 0 Å². The van der Waals surface area contributed by atoms with Crippen molar-refractivity contribution in [3.05, 3.63) is 23.8 Å². The molecule has 7 heteroatoms. The van der Waals surface area contributed by atoms with Crippen molar-refractivity contribution in [2.45, 2.75) is 50.7 Å². The molecule has 0 spiro atoms. The van der Waals surface area contributed by atoms with Crippen LogP contribution < -0.4 is 9.47 Å². The minimum Gasteiger partial charge on any atom is -0.497 e. The number of methoxy groups -OCH3 is 2. The Morgan fingerprint density at radius 2 is 2.00 bits per heavy atom. The fourth-order valence-electron chi connectivity index (χ4n) is 3.86. The number of aliphatic carboxylic acids is 1. The number of ether oxygens (including phenoxy) is 2. The van der Waals surface area contributed by atoms with E-state index in [9.17, 15) is 14.7 Å². The number of hydrogen-bond acceptors (Lipinski definition) is 5. The van der Waals surface area contributed by atoms with Crippen molar-refractivity contribution >= 4 is 11.9 Å². The van der Waals surface area contributed by atoms with Crippen molar-refractivity contribution in [3.8, 4) is 11.5 Å². The lowest BCUT2D eigenvalue weighted by atomic mass is 10.0. The smallest absolute Gasteiger partial charge is 0.320 e. The number of hydrogen-bond donors (Lipinski definition) is 1. The maximum Gasteiger partial charge on any atom is 0.320 e. The van der Waals surface area contributed by atoms with Crippen LogP contribution in [0.25, 0.3) is 0 Å². The van der Waals surface area contributed by atoms with E-state index in [1.54, 1.807) is 21.1 Å². The Bertz CT molecular complexity index is 704. The Hall–Kier alpha value is -2.28. The zero-order valence-electron chi connectivity index (χ0n) is 16.2. The molecule has 2 unspecified atom stereocenters. The summed E-state index contributed by atoms with van der Waals surface area (Å²) >= 11 is 0. The van der Waals surface area contributed by atoms with Crippen LogP contribution in [-0.2, 0) is 9.59 Å². The number of amides is 1. The van der Waals surface area contributed by atoms with E-state index in [0.29, 0.717) is 18.0 Å². The van der Waals surface area contributed by atoms with Gasteiger partial charge in [-0.3, -0.25) is 14.5 Å². The summed E-state index contributed by atoms with van der Waals surface area (Å²) in [5, 5.41) is 9.36. The molecule has 1 aromatic carbocycles. The van der Waals surface area contributed by atoms with E-state index in [1.807, 2.05) is 28.0 Å². The molecule has 0 aromatic heterocycles. The summed E-state index contributed by atoms with van der Waals surface area (Å²) in [6.07, 6.45) is 3.71. The highest BCUT2D eigenvalue weighted by Gasteiger charge is 2.39. The highest BCUT2D eigenvalue weighted by Crippen LogP contribution is 2.39. The number of rotatable bonds is 8. The maximum absolute atomic E-state index is 13.0. The summed E-state index contributed by atoms with van der Waals surface area (Å²) in [5.74, 6) is 0.513. The summed E-state index contributed by atoms with van der Waals surface area (Å²) in [4.78, 5) is 28.2. The van der Waals surface area contributed by atoms with Crippen LogP contribution >= 0.6 is 0 Å². The number of likely N-dealkylation sites (tertiary alicyclic amines) is 1. The Balaban J connectivity index is 1.77. The first-order valence-electron chi connectivity index (χ1n) is 9.46. The zero-order chi connectivity index (χ0) is 19.6. The lowest BCUT2D eigenvalue weighted by molar-refractivity contribution is -0.144. The molecule has 1 aromatic rings. The number of carboxylic acid groups (broad SMARTS) is 1. The number of benzene rings is 1. The van der Waals surface area contributed by atoms with Crippen LogP contribution in [-0.4, -0.2) is 66.2 Å². The first-order chi connectivity index (χ1) is 13.0. The largest absolute Gasteiger partial charge is 0.497 e. The molecule has 27 heavy (non-hydrogen) atoms. The SMILES string of the molecule is COc1ccc(C2CCCN2C(=O)CN(C2CC2)C(C)C(=O)O)c(OC)c1. The molecule has 2 fully saturated rings. The average Bonchev–Trinajstić information content (AvgIpc) is 3.40. The Morgan fingerprint density at radius 1 is 1.26 bits per heavy atom. The van der Waals surface area contributed by atoms with E-state index in [2.05, 4.69) is 0 Å². The predicted octanol–water partition coefficient (Wildman–Crippen LogP) is 2.30. The maximum atomic E-state index is 13.0. The molecule has 3 rings (SSSR count). The van der Waals surface area contributed by atoms with E-state index < -0.39 is 12.0 Å². The molecule has 1 amide bonds. The normalized spacial score (nSPS) is 20.6. The highest BCUT2D eigenvalue weighted by molar-refractivity contribution is 5.81. The third-order valence-electron chi connectivity index (χ3n) is 5.56. The van der Waals surface area contributed by atoms with Crippen molar-refractivity contribution in [2.75, 3.05) is 27.3 Å². The standard InChI is InChI=1S/C20H28N2O5/c1-13(20(24)25)22(14-6-7-14)12-19(23)21-10-4-5-17(21)16-9-8-15(26-2)11-18(16)27-3/h8-9,11,13-14,17H,4-7,10,12H2,1-3H3,(H,24,25). The van der Waals surface area contributed by atoms with E-state index in [4.69, 9.17) is 9.47 Å². The van der Waals surface area contributed by atoms with Gasteiger partial charge in [-0.2, -0.15) is 0 Å². The summed E-state index contributed by atoms with van der Waals surface area (Å²) in [7, 11) is 3.22. The molecule has 1 N–H and O–H groups in total. The van der Waals surface area contributed by atoms with Crippen molar-refractivity contribution in [1.82, 2.24) is 9.80 Å². The van der Waals surface area contributed by atoms with Gasteiger partial charge in [0.05, 0.1) is 26.8 Å². The van der Waals surface area contributed by atoms with Gasteiger partial charge in [0.25, 0.3) is 0 Å². The van der Waals surface area contributed by atoms with Gasteiger partial charge in [-0.1, -0.05) is 0 Å². The van der Waals surface area contributed by atoms with Crippen LogP contribution in [0.2, 0.25) is 0 Å². The molecule has 1 aliphatic heterocycles. The minimum absolute atomic E-state index is 0.0182. The lowest BCUT2D eigenvalue weighted by Gasteiger charge is -2.31. The van der Waals surface area contributed by atoms with Crippen LogP contribution in [0.15, 0.2) is 18.2 Å². The molecule has 0 bridgehead atoms. The van der Waals surface area contributed by atoms with Gasteiger partial charge in [0.2, 0.25) is 5.91 Å². The number of carbonyl (C=O) groups excluding carboxylic acids is 1. The van der Waals surface area contributed by atoms with Gasteiger partial charge >= 0.3 is 5.97 Å². The average molecular weight is 376 g/mol. The van der Waals surface area contributed by atoms with Crippen LogP contribution in [0.5, 0.6) is 11.5 Å². The second kappa shape index (κ2) is 8.17. The Labute approximate surface area is 159 Å². The zero-order valence-corrected chi connectivity index (χ0v) is 16.2. The number of carboxylic acids is 1. The second-order valence-electron chi connectivity index (χ2n) is 7.27. The molecule has 7 nitrogen and oxygen atoms in total. The van der Waals surface area contributed by atoms with Crippen LogP contribution in [0, 0.1) is 0 Å². The van der Waals surface area contributed by atoms with Gasteiger partial charge in [-0.05, 0) is 44.7 Å². The quantitative estimate of drug-likeness (QED) is 0.750. The first kappa shape index (κ1) is 19.5. The highest BCUT2D eigenvalue weighted by atomic mass is 16.5. The second-order valence-corrected chi connectivity index (χ2v) is 7.27. The van der Waals surface area contributed by atoms with Crippen LogP contribution in [0.4, 0.5) is 0 Å². The van der Waals surface area contributed by atoms with Crippen LogP contribution in [0.1, 0.15) is 44.2 Å². The van der Waals surface area contributed by atoms with Crippen molar-refractivity contribution in [3.63, 3.8) is 0 Å². The number of carbonyl (C=O) groups is 2. The summed E-state index contributed by atoms with van der Waals surface area (Å²) in [5.41, 5.74) is 0.966. The van der Waals surface area contributed by atoms with Crippen molar-refractivity contribution < 1.29 is 24.2 Å². The molecule has 148 valence electrons. The topological polar surface area (TPSA) is 79.3 Å². The van der Waals surface area contributed by atoms with Gasteiger partial charge < -0.3 is 19.5 Å². The van der Waals surface area contributed by atoms with Crippen molar-refractivity contribution in [2.24, 2.45) is 0 Å². The number of nitrogens with zero attached hydrogens (tertiary/aromatic N) is 2. The third kappa shape index (κ3) is 4.18. The molecular formula is C20H28N2O5. The van der Waals surface area contributed by atoms with Gasteiger partial charge in [0.15, 0.2) is 0 Å². The van der Waals surface area contributed by atoms with Crippen molar-refractivity contribution in [1.29, 1.82) is 0 Å². The van der Waals surface area contributed by atoms with E-state index in [1.165, 1.54) is 0 Å². The fraction of sp³-hybridized carbons (Fsp3) is 0.600. The Morgan fingerprint density at radius 3 is 2.59 bits per heavy atom. The fourth-order valence-corrected chi connectivity index (χ4v) is 3.86. The summed E-state index contributed by atoms with van der Waals surface area (Å²) in [6.45, 7) is 2.48. The van der Waals surface area contributed by atoms with E-state index in [-0.39, 0.29) is 24.5 Å². The summed E-state index contributed by atoms with van der Waals surface area (Å²) in [6, 6.07) is 5.15. The molecule has 1 aliphatic carbocycles. The van der Waals surface area contributed by atoms with Gasteiger partial charge in [0, 0.05) is 24.2 Å². The lowest BCUT2D eigenvalue weighted by Crippen LogP contribution is -2.47. The monoisotopic (exact) mass is 376 g/mol. The minimum atomic E-state index is -0.885. The van der Waals surface area contributed by atoms with Gasteiger partial charge in [-0.25, -0.2) is 0 Å². The molecule has 1 saturated carbocycles. The molecule has 2 aliphatic rings. The summed E-state index contributed by atoms with van der Waals surface area (Å²) < 4.78 is 10.8. The van der Waals surface area contributed by atoms with E-state index in [0.717, 1.165) is 31.2 Å².